The molecule has 0 radical (unpaired) electrons. The molecular formula is C27H25FN2O5. The van der Waals surface area contributed by atoms with Crippen molar-refractivity contribution in [2.45, 2.75) is 19.8 Å². The summed E-state index contributed by atoms with van der Waals surface area (Å²) in [7, 11) is 0. The number of ketones is 1. The van der Waals surface area contributed by atoms with Crippen LogP contribution in [-0.4, -0.2) is 37.4 Å². The maximum Gasteiger partial charge on any atom is 0.265 e. The van der Waals surface area contributed by atoms with Gasteiger partial charge in [0.2, 0.25) is 5.91 Å². The second-order valence-corrected chi connectivity index (χ2v) is 8.11. The van der Waals surface area contributed by atoms with Crippen molar-refractivity contribution in [1.29, 1.82) is 0 Å². The fourth-order valence-corrected chi connectivity index (χ4v) is 3.70. The summed E-state index contributed by atoms with van der Waals surface area (Å²) in [6.07, 6.45) is 2.03. The number of fused-ring (bicyclic) bond motifs is 1. The van der Waals surface area contributed by atoms with Gasteiger partial charge in [-0.2, -0.15) is 0 Å². The average Bonchev–Trinajstić information content (AvgIpc) is 2.86. The van der Waals surface area contributed by atoms with E-state index in [0.29, 0.717) is 28.4 Å². The molecular weight excluding hydrogens is 451 g/mol. The fraction of sp³-hybridized carbons (Fsp3) is 0.222. The zero-order chi connectivity index (χ0) is 24.8. The Morgan fingerprint density at radius 1 is 1.06 bits per heavy atom. The van der Waals surface area contributed by atoms with Gasteiger partial charge in [0.15, 0.2) is 19.0 Å². The Kier molecular flexibility index (Phi) is 7.40. The zero-order valence-electron chi connectivity index (χ0n) is 19.3. The number of amides is 2. The van der Waals surface area contributed by atoms with Crippen molar-refractivity contribution in [2.75, 3.05) is 30.0 Å². The van der Waals surface area contributed by atoms with Crippen molar-refractivity contribution >= 4 is 29.0 Å². The van der Waals surface area contributed by atoms with E-state index in [1.165, 1.54) is 40.8 Å². The molecule has 7 nitrogen and oxygen atoms in total. The van der Waals surface area contributed by atoms with E-state index in [4.69, 9.17) is 9.47 Å². The van der Waals surface area contributed by atoms with Crippen molar-refractivity contribution in [3.8, 4) is 11.5 Å². The smallest absolute Gasteiger partial charge is 0.265 e. The SMILES string of the molecule is CCCc1ccc(OCC(=O)c2ccc3c(c2)N(CC(=O)Nc2ccc(F)cc2)C(=O)CO3)cc1. The van der Waals surface area contributed by atoms with Gasteiger partial charge in [0.25, 0.3) is 5.91 Å². The third-order valence-electron chi connectivity index (χ3n) is 5.49. The predicted octanol–water partition coefficient (Wildman–Crippen LogP) is 4.40. The van der Waals surface area contributed by atoms with E-state index in [2.05, 4.69) is 12.2 Å². The standard InChI is InChI=1S/C27H25FN2O5/c1-2-3-18-4-11-22(12-5-18)34-16-24(31)19-6-13-25-23(14-19)30(27(33)17-35-25)15-26(32)29-21-9-7-20(28)8-10-21/h4-14H,2-3,15-17H2,1H3,(H,29,32). The number of hydrogen-bond acceptors (Lipinski definition) is 5. The van der Waals surface area contributed by atoms with E-state index in [1.54, 1.807) is 12.1 Å². The quantitative estimate of drug-likeness (QED) is 0.463. The van der Waals surface area contributed by atoms with E-state index in [-0.39, 0.29) is 25.5 Å². The summed E-state index contributed by atoms with van der Waals surface area (Å²) in [5.41, 5.74) is 2.26. The van der Waals surface area contributed by atoms with E-state index < -0.39 is 17.6 Å². The lowest BCUT2D eigenvalue weighted by Gasteiger charge is -2.29. The van der Waals surface area contributed by atoms with E-state index in [1.807, 2.05) is 24.3 Å². The van der Waals surface area contributed by atoms with Crippen LogP contribution >= 0.6 is 0 Å². The molecule has 1 heterocycles. The van der Waals surface area contributed by atoms with Crippen LogP contribution < -0.4 is 19.7 Å². The van der Waals surface area contributed by atoms with E-state index >= 15 is 0 Å². The molecule has 1 N–H and O–H groups in total. The monoisotopic (exact) mass is 476 g/mol. The van der Waals surface area contributed by atoms with Gasteiger partial charge in [-0.05, 0) is 66.6 Å². The summed E-state index contributed by atoms with van der Waals surface area (Å²) in [4.78, 5) is 39.1. The number of anilines is 2. The Hall–Kier alpha value is -4.20. The molecule has 1 aliphatic heterocycles. The summed E-state index contributed by atoms with van der Waals surface area (Å²) in [5.74, 6) is -0.602. The number of aryl methyl sites for hydroxylation is 1. The molecule has 0 spiro atoms. The molecule has 35 heavy (non-hydrogen) atoms. The van der Waals surface area contributed by atoms with Gasteiger partial charge in [-0.1, -0.05) is 25.5 Å². The average molecular weight is 477 g/mol. The van der Waals surface area contributed by atoms with Crippen molar-refractivity contribution in [1.82, 2.24) is 0 Å². The van der Waals surface area contributed by atoms with E-state index in [9.17, 15) is 18.8 Å². The molecule has 0 fully saturated rings. The van der Waals surface area contributed by atoms with Crippen LogP contribution in [0.1, 0.15) is 29.3 Å². The number of nitrogens with zero attached hydrogens (tertiary/aromatic N) is 1. The number of carbonyl (C=O) groups excluding carboxylic acids is 3. The number of nitrogens with one attached hydrogen (secondary N) is 1. The summed E-state index contributed by atoms with van der Waals surface area (Å²) in [6, 6.07) is 17.6. The molecule has 0 bridgehead atoms. The van der Waals surface area contributed by atoms with Crippen LogP contribution in [0.2, 0.25) is 0 Å². The summed E-state index contributed by atoms with van der Waals surface area (Å²) < 4.78 is 24.2. The molecule has 0 saturated carbocycles. The minimum Gasteiger partial charge on any atom is -0.485 e. The molecule has 180 valence electrons. The minimum absolute atomic E-state index is 0.175. The highest BCUT2D eigenvalue weighted by Gasteiger charge is 2.28. The normalized spacial score (nSPS) is 12.5. The fourth-order valence-electron chi connectivity index (χ4n) is 3.70. The summed E-state index contributed by atoms with van der Waals surface area (Å²) in [6.45, 7) is 1.43. The molecule has 3 aromatic carbocycles. The maximum atomic E-state index is 13.1. The lowest BCUT2D eigenvalue weighted by atomic mass is 10.1. The van der Waals surface area contributed by atoms with Crippen molar-refractivity contribution in [2.24, 2.45) is 0 Å². The van der Waals surface area contributed by atoms with Gasteiger partial charge in [-0.3, -0.25) is 19.3 Å². The van der Waals surface area contributed by atoms with Gasteiger partial charge in [0.05, 0.1) is 5.69 Å². The van der Waals surface area contributed by atoms with Gasteiger partial charge < -0.3 is 14.8 Å². The van der Waals surface area contributed by atoms with Crippen LogP contribution in [0, 0.1) is 5.82 Å². The highest BCUT2D eigenvalue weighted by atomic mass is 19.1. The highest BCUT2D eigenvalue weighted by Crippen LogP contribution is 2.33. The number of halogens is 1. The first kappa shape index (κ1) is 23.9. The van der Waals surface area contributed by atoms with Crippen LogP contribution in [0.3, 0.4) is 0 Å². The molecule has 0 atom stereocenters. The molecule has 0 aliphatic carbocycles. The number of ether oxygens (including phenoxy) is 2. The second-order valence-electron chi connectivity index (χ2n) is 8.11. The first-order valence-electron chi connectivity index (χ1n) is 11.3. The lowest BCUT2D eigenvalue weighted by molar-refractivity contribution is -0.123. The van der Waals surface area contributed by atoms with Gasteiger partial charge in [-0.15, -0.1) is 0 Å². The lowest BCUT2D eigenvalue weighted by Crippen LogP contribution is -2.43. The van der Waals surface area contributed by atoms with Crippen LogP contribution in [0.15, 0.2) is 66.7 Å². The molecule has 4 rings (SSSR count). The highest BCUT2D eigenvalue weighted by molar-refractivity contribution is 6.06. The number of rotatable bonds is 9. The van der Waals surface area contributed by atoms with Crippen LogP contribution in [0.4, 0.5) is 15.8 Å². The van der Waals surface area contributed by atoms with Crippen molar-refractivity contribution < 1.29 is 28.2 Å². The minimum atomic E-state index is -0.468. The van der Waals surface area contributed by atoms with Crippen molar-refractivity contribution in [3.63, 3.8) is 0 Å². The topological polar surface area (TPSA) is 84.9 Å². The molecule has 0 aromatic heterocycles. The van der Waals surface area contributed by atoms with E-state index in [0.717, 1.165) is 12.8 Å². The first-order valence-corrected chi connectivity index (χ1v) is 11.3. The Morgan fingerprint density at radius 3 is 2.51 bits per heavy atom. The third-order valence-corrected chi connectivity index (χ3v) is 5.49. The molecule has 3 aromatic rings. The Labute approximate surface area is 202 Å². The predicted molar refractivity (Wildman–Crippen MR) is 130 cm³/mol. The van der Waals surface area contributed by atoms with Crippen LogP contribution in [-0.2, 0) is 16.0 Å². The summed E-state index contributed by atoms with van der Waals surface area (Å²) in [5, 5.41) is 2.63. The molecule has 0 unspecified atom stereocenters. The second kappa shape index (κ2) is 10.8. The summed E-state index contributed by atoms with van der Waals surface area (Å²) >= 11 is 0. The number of carbonyl (C=O) groups is 3. The van der Waals surface area contributed by atoms with Gasteiger partial charge in [-0.25, -0.2) is 4.39 Å². The maximum absolute atomic E-state index is 13.1. The van der Waals surface area contributed by atoms with Crippen LogP contribution in [0.5, 0.6) is 11.5 Å². The Morgan fingerprint density at radius 2 is 1.80 bits per heavy atom. The van der Waals surface area contributed by atoms with Gasteiger partial charge >= 0.3 is 0 Å². The largest absolute Gasteiger partial charge is 0.485 e. The molecule has 0 saturated heterocycles. The zero-order valence-corrected chi connectivity index (χ0v) is 19.3. The first-order chi connectivity index (χ1) is 16.9. The number of Topliss-reactive ketones (excluding diaryl/α,β-unsaturated/α-hetero) is 1. The van der Waals surface area contributed by atoms with Gasteiger partial charge in [0, 0.05) is 11.3 Å². The number of hydrogen-bond donors (Lipinski definition) is 1. The molecule has 1 aliphatic rings. The van der Waals surface area contributed by atoms with Gasteiger partial charge in [0.1, 0.15) is 23.9 Å². The Bertz CT molecular complexity index is 1230. The van der Waals surface area contributed by atoms with Crippen LogP contribution in [0.25, 0.3) is 0 Å². The number of benzene rings is 3. The van der Waals surface area contributed by atoms with Crippen molar-refractivity contribution in [3.05, 3.63) is 83.7 Å². The molecule has 2 amide bonds. The molecule has 8 heteroatoms. The third kappa shape index (κ3) is 6.03. The Balaban J connectivity index is 1.44.